The summed E-state index contributed by atoms with van der Waals surface area (Å²) in [5, 5.41) is 16.9. The molecule has 1 saturated carbocycles. The normalized spacial score (nSPS) is 23.5. The van der Waals surface area contributed by atoms with Gasteiger partial charge in [-0.05, 0) is 51.2 Å². The number of ether oxygens (including phenoxy) is 1. The quantitative estimate of drug-likeness (QED) is 0.670. The summed E-state index contributed by atoms with van der Waals surface area (Å²) < 4.78 is 5.02. The summed E-state index contributed by atoms with van der Waals surface area (Å²) in [5.41, 5.74) is 1.22. The van der Waals surface area contributed by atoms with Gasteiger partial charge < -0.3 is 25.4 Å². The topological polar surface area (TPSA) is 117 Å². The van der Waals surface area contributed by atoms with Crippen molar-refractivity contribution in [3.05, 3.63) is 30.0 Å². The molecule has 166 valence electrons. The van der Waals surface area contributed by atoms with E-state index >= 15 is 0 Å². The van der Waals surface area contributed by atoms with Crippen LogP contribution in [0.1, 0.15) is 49.4 Å². The van der Waals surface area contributed by atoms with Crippen molar-refractivity contribution in [3.8, 4) is 0 Å². The van der Waals surface area contributed by atoms with Gasteiger partial charge in [0.2, 0.25) is 5.95 Å². The highest BCUT2D eigenvalue weighted by atomic mass is 16.6. The molecule has 9 heteroatoms. The molecule has 2 fully saturated rings. The number of aromatic nitrogens is 2. The molecule has 0 unspecified atom stereocenters. The molecule has 2 aromatic rings. The van der Waals surface area contributed by atoms with Crippen LogP contribution >= 0.6 is 0 Å². The molecule has 1 aliphatic heterocycles. The van der Waals surface area contributed by atoms with E-state index in [-0.39, 0.29) is 30.2 Å². The fraction of sp³-hybridized carbons (Fsp3) is 0.545. The zero-order chi connectivity index (χ0) is 21.8. The second kappa shape index (κ2) is 9.47. The summed E-state index contributed by atoms with van der Waals surface area (Å²) >= 11 is 0. The molecular weight excluding hydrogens is 398 g/mol. The van der Waals surface area contributed by atoms with Crippen LogP contribution in [0.25, 0.3) is 10.9 Å². The van der Waals surface area contributed by atoms with Gasteiger partial charge in [-0.3, -0.25) is 4.79 Å². The number of carbonyl (C=O) groups is 2. The molecule has 2 amide bonds. The number of aliphatic hydroxyl groups is 1. The van der Waals surface area contributed by atoms with Crippen LogP contribution in [-0.2, 0) is 4.74 Å². The molecule has 1 saturated heterocycles. The lowest BCUT2D eigenvalue weighted by Crippen LogP contribution is -2.38. The van der Waals surface area contributed by atoms with Crippen molar-refractivity contribution < 1.29 is 19.4 Å². The van der Waals surface area contributed by atoms with Gasteiger partial charge in [-0.2, -0.15) is 0 Å². The van der Waals surface area contributed by atoms with E-state index in [4.69, 9.17) is 4.74 Å². The van der Waals surface area contributed by atoms with E-state index in [0.29, 0.717) is 43.1 Å². The number of fused-ring (bicyclic) bond motifs is 1. The molecule has 0 spiro atoms. The third kappa shape index (κ3) is 5.22. The molecule has 4 rings (SSSR count). The highest BCUT2D eigenvalue weighted by Gasteiger charge is 2.28. The van der Waals surface area contributed by atoms with Crippen molar-refractivity contribution in [1.82, 2.24) is 20.2 Å². The summed E-state index contributed by atoms with van der Waals surface area (Å²) in [6, 6.07) is 5.51. The number of anilines is 1. The van der Waals surface area contributed by atoms with Crippen LogP contribution in [-0.4, -0.2) is 69.9 Å². The molecule has 2 aliphatic rings. The van der Waals surface area contributed by atoms with Gasteiger partial charge in [0.25, 0.3) is 5.91 Å². The van der Waals surface area contributed by atoms with E-state index < -0.39 is 0 Å². The molecule has 2 heterocycles. The highest BCUT2D eigenvalue weighted by Crippen LogP contribution is 2.22. The Bertz CT molecular complexity index is 945. The Morgan fingerprint density at radius 3 is 2.77 bits per heavy atom. The number of nitrogens with zero attached hydrogens (tertiary/aromatic N) is 3. The van der Waals surface area contributed by atoms with E-state index in [1.807, 2.05) is 6.07 Å². The van der Waals surface area contributed by atoms with Gasteiger partial charge in [0.1, 0.15) is 0 Å². The van der Waals surface area contributed by atoms with Crippen molar-refractivity contribution in [2.45, 2.75) is 57.2 Å². The van der Waals surface area contributed by atoms with E-state index in [9.17, 15) is 14.7 Å². The van der Waals surface area contributed by atoms with Crippen LogP contribution in [0.5, 0.6) is 0 Å². The Hall–Kier alpha value is -2.94. The first-order valence-electron chi connectivity index (χ1n) is 11.0. The van der Waals surface area contributed by atoms with Crippen LogP contribution in [0.4, 0.5) is 10.7 Å². The Kier molecular flexibility index (Phi) is 6.50. The molecule has 31 heavy (non-hydrogen) atoms. The third-order valence-corrected chi connectivity index (χ3v) is 5.92. The van der Waals surface area contributed by atoms with Crippen LogP contribution in [0.2, 0.25) is 0 Å². The minimum atomic E-state index is -0.339. The van der Waals surface area contributed by atoms with Gasteiger partial charge in [0.15, 0.2) is 0 Å². The standard InChI is InChI=1S/C22H29N5O4/c1-2-31-22(30)27-10-9-17(13-27)24-20(29)14-3-4-15-12-23-21(26-19(15)11-14)25-16-5-7-18(28)8-6-16/h3-4,11-12,16-18,28H,2,5-10,13H2,1H3,(H,24,29)(H,23,25,26)/t16?,17-,18?/m1/s1. The van der Waals surface area contributed by atoms with Crippen LogP contribution in [0.3, 0.4) is 0 Å². The predicted octanol–water partition coefficient (Wildman–Crippen LogP) is 2.31. The van der Waals surface area contributed by atoms with Crippen LogP contribution in [0.15, 0.2) is 24.4 Å². The largest absolute Gasteiger partial charge is 0.450 e. The Balaban J connectivity index is 1.39. The summed E-state index contributed by atoms with van der Waals surface area (Å²) in [5.74, 6) is 0.347. The second-order valence-corrected chi connectivity index (χ2v) is 8.22. The number of benzene rings is 1. The Morgan fingerprint density at radius 2 is 2.00 bits per heavy atom. The number of likely N-dealkylation sites (tertiary alicyclic amines) is 1. The van der Waals surface area contributed by atoms with Gasteiger partial charge in [0, 0.05) is 42.3 Å². The number of hydrogen-bond donors (Lipinski definition) is 3. The first-order valence-corrected chi connectivity index (χ1v) is 11.0. The minimum absolute atomic E-state index is 0.100. The molecular formula is C22H29N5O4. The summed E-state index contributed by atoms with van der Waals surface area (Å²) in [6.07, 6.45) is 5.23. The smallest absolute Gasteiger partial charge is 0.409 e. The lowest BCUT2D eigenvalue weighted by atomic mass is 9.93. The maximum absolute atomic E-state index is 12.8. The van der Waals surface area contributed by atoms with Crippen LogP contribution in [0, 0.1) is 0 Å². The second-order valence-electron chi connectivity index (χ2n) is 8.22. The van der Waals surface area contributed by atoms with E-state index in [0.717, 1.165) is 31.1 Å². The van der Waals surface area contributed by atoms with Crippen molar-refractivity contribution in [1.29, 1.82) is 0 Å². The van der Waals surface area contributed by atoms with Gasteiger partial charge in [-0.25, -0.2) is 14.8 Å². The molecule has 0 radical (unpaired) electrons. The molecule has 9 nitrogen and oxygen atoms in total. The van der Waals surface area contributed by atoms with Crippen LogP contribution < -0.4 is 10.6 Å². The highest BCUT2D eigenvalue weighted by molar-refractivity contribution is 5.98. The van der Waals surface area contributed by atoms with Crippen molar-refractivity contribution in [2.24, 2.45) is 0 Å². The van der Waals surface area contributed by atoms with Gasteiger partial charge >= 0.3 is 6.09 Å². The van der Waals surface area contributed by atoms with Gasteiger partial charge in [-0.1, -0.05) is 6.07 Å². The predicted molar refractivity (Wildman–Crippen MR) is 116 cm³/mol. The zero-order valence-electron chi connectivity index (χ0n) is 17.7. The van der Waals surface area contributed by atoms with Gasteiger partial charge in [-0.15, -0.1) is 0 Å². The molecule has 1 aromatic heterocycles. The first-order chi connectivity index (χ1) is 15.0. The fourth-order valence-corrected chi connectivity index (χ4v) is 4.16. The number of rotatable bonds is 5. The average Bonchev–Trinajstić information content (AvgIpc) is 3.23. The number of aliphatic hydroxyl groups excluding tert-OH is 1. The maximum atomic E-state index is 12.8. The number of hydrogen-bond acceptors (Lipinski definition) is 7. The molecule has 1 aromatic carbocycles. The van der Waals surface area contributed by atoms with E-state index in [2.05, 4.69) is 20.6 Å². The average molecular weight is 428 g/mol. The van der Waals surface area contributed by atoms with Gasteiger partial charge in [0.05, 0.1) is 18.2 Å². The summed E-state index contributed by atoms with van der Waals surface area (Å²) in [4.78, 5) is 35.2. The maximum Gasteiger partial charge on any atom is 0.409 e. The number of carbonyl (C=O) groups excluding carboxylic acids is 2. The summed E-state index contributed by atoms with van der Waals surface area (Å²) in [6.45, 7) is 3.13. The monoisotopic (exact) mass is 427 g/mol. The molecule has 0 bridgehead atoms. The number of amides is 2. The first kappa shape index (κ1) is 21.3. The molecule has 3 N–H and O–H groups in total. The number of nitrogens with one attached hydrogen (secondary N) is 2. The zero-order valence-corrected chi connectivity index (χ0v) is 17.7. The van der Waals surface area contributed by atoms with E-state index in [1.54, 1.807) is 30.2 Å². The Labute approximate surface area is 181 Å². The minimum Gasteiger partial charge on any atom is -0.450 e. The fourth-order valence-electron chi connectivity index (χ4n) is 4.16. The molecule has 1 atom stereocenters. The van der Waals surface area contributed by atoms with E-state index in [1.165, 1.54) is 0 Å². The van der Waals surface area contributed by atoms with Crippen molar-refractivity contribution in [3.63, 3.8) is 0 Å². The lowest BCUT2D eigenvalue weighted by molar-refractivity contribution is 0.0930. The Morgan fingerprint density at radius 1 is 1.19 bits per heavy atom. The third-order valence-electron chi connectivity index (χ3n) is 5.92. The summed E-state index contributed by atoms with van der Waals surface area (Å²) in [7, 11) is 0. The SMILES string of the molecule is CCOC(=O)N1CC[C@@H](NC(=O)c2ccc3cnc(NC4CCC(O)CC4)nc3c2)C1. The van der Waals surface area contributed by atoms with Crippen molar-refractivity contribution in [2.75, 3.05) is 25.0 Å². The lowest BCUT2D eigenvalue weighted by Gasteiger charge is -2.26. The molecule has 1 aliphatic carbocycles. The van der Waals surface area contributed by atoms with Crippen molar-refractivity contribution >= 4 is 28.9 Å².